The van der Waals surface area contributed by atoms with Crippen LogP contribution >= 0.6 is 0 Å². The lowest BCUT2D eigenvalue weighted by atomic mass is 10.0. The fourth-order valence-corrected chi connectivity index (χ4v) is 1.89. The number of aliphatic hydroxyl groups is 2. The molecule has 0 unspecified atom stereocenters. The molecule has 0 aliphatic rings. The number of benzene rings is 2. The third-order valence-electron chi connectivity index (χ3n) is 2.82. The zero-order valence-corrected chi connectivity index (χ0v) is 11.8. The summed E-state index contributed by atoms with van der Waals surface area (Å²) in [6, 6.07) is 14.4. The third-order valence-corrected chi connectivity index (χ3v) is 2.82. The van der Waals surface area contributed by atoms with E-state index in [1.165, 1.54) is 0 Å². The van der Waals surface area contributed by atoms with E-state index in [1.54, 1.807) is 18.2 Å². The van der Waals surface area contributed by atoms with Crippen molar-refractivity contribution in [2.45, 2.75) is 6.29 Å². The highest BCUT2D eigenvalue weighted by Gasteiger charge is 2.16. The minimum absolute atomic E-state index is 0.208. The number of rotatable bonds is 6. The molecule has 0 aliphatic carbocycles. The molecule has 2 N–H and O–H groups in total. The highest BCUT2D eigenvalue weighted by atomic mass is 16.6. The first-order valence-corrected chi connectivity index (χ1v) is 6.63. The highest BCUT2D eigenvalue weighted by Crippen LogP contribution is 2.38. The summed E-state index contributed by atoms with van der Waals surface area (Å²) in [7, 11) is 0. The molecule has 0 bridgehead atoms. The van der Waals surface area contributed by atoms with Crippen LogP contribution in [0.3, 0.4) is 0 Å². The summed E-state index contributed by atoms with van der Waals surface area (Å²) in [6.45, 7) is 3.03. The molecule has 114 valence electrons. The van der Waals surface area contributed by atoms with Crippen molar-refractivity contribution in [2.75, 3.05) is 6.61 Å². The molecular formula is C17H16O5. The van der Waals surface area contributed by atoms with Crippen molar-refractivity contribution in [1.29, 1.82) is 0 Å². The molecular weight excluding hydrogens is 284 g/mol. The Bertz CT molecular complexity index is 649. The van der Waals surface area contributed by atoms with Gasteiger partial charge in [-0.3, -0.25) is 0 Å². The molecule has 0 spiro atoms. The Balaban J connectivity index is 2.45. The second kappa shape index (κ2) is 7.40. The first kappa shape index (κ1) is 15.8. The van der Waals surface area contributed by atoms with E-state index >= 15 is 0 Å². The van der Waals surface area contributed by atoms with Crippen LogP contribution in [0.4, 0.5) is 0 Å². The highest BCUT2D eigenvalue weighted by molar-refractivity contribution is 5.86. The first-order chi connectivity index (χ1) is 10.6. The fourth-order valence-electron chi connectivity index (χ4n) is 1.89. The van der Waals surface area contributed by atoms with Crippen LogP contribution < -0.4 is 9.47 Å². The predicted molar refractivity (Wildman–Crippen MR) is 81.4 cm³/mol. The van der Waals surface area contributed by atoms with Crippen molar-refractivity contribution >= 4 is 5.97 Å². The van der Waals surface area contributed by atoms with Crippen molar-refractivity contribution in [3.05, 3.63) is 61.2 Å². The molecule has 5 heteroatoms. The Kier molecular flexibility index (Phi) is 5.30. The summed E-state index contributed by atoms with van der Waals surface area (Å²) < 4.78 is 10.6. The molecule has 0 heterocycles. The average Bonchev–Trinajstić information content (AvgIpc) is 2.54. The van der Waals surface area contributed by atoms with Gasteiger partial charge < -0.3 is 19.7 Å². The summed E-state index contributed by atoms with van der Waals surface area (Å²) in [4.78, 5) is 11.6. The number of hydrogen-bond donors (Lipinski definition) is 2. The van der Waals surface area contributed by atoms with Crippen LogP contribution in [0.1, 0.15) is 0 Å². The van der Waals surface area contributed by atoms with Gasteiger partial charge in [0.05, 0.1) is 0 Å². The third kappa shape index (κ3) is 3.94. The molecule has 0 fully saturated rings. The molecule has 2 aromatic carbocycles. The van der Waals surface area contributed by atoms with Crippen LogP contribution in [-0.2, 0) is 4.79 Å². The van der Waals surface area contributed by atoms with Gasteiger partial charge in [0.15, 0.2) is 17.8 Å². The largest absolute Gasteiger partial charge is 0.484 e. The van der Waals surface area contributed by atoms with Gasteiger partial charge in [0, 0.05) is 11.6 Å². The van der Waals surface area contributed by atoms with Gasteiger partial charge in [-0.1, -0.05) is 49.0 Å². The molecule has 0 saturated heterocycles. The topological polar surface area (TPSA) is 76.0 Å². The lowest BCUT2D eigenvalue weighted by molar-refractivity contribution is -0.129. The van der Waals surface area contributed by atoms with Crippen molar-refractivity contribution in [1.82, 2.24) is 0 Å². The summed E-state index contributed by atoms with van der Waals surface area (Å²) in [6.07, 6.45) is -0.574. The van der Waals surface area contributed by atoms with E-state index in [0.717, 1.165) is 11.6 Å². The standard InChI is InChI=1S/C17H16O5/c1-2-16(20)22-17-13(12-7-4-3-5-8-12)9-6-10-14(17)21-11-15(18)19/h2-10,15,18-19H,1,11H2. The van der Waals surface area contributed by atoms with Gasteiger partial charge >= 0.3 is 5.97 Å². The van der Waals surface area contributed by atoms with Crippen LogP contribution in [0, 0.1) is 0 Å². The quantitative estimate of drug-likeness (QED) is 0.370. The number of carbonyl (C=O) groups is 1. The molecule has 0 radical (unpaired) electrons. The van der Waals surface area contributed by atoms with Crippen molar-refractivity contribution in [3.8, 4) is 22.6 Å². The zero-order valence-electron chi connectivity index (χ0n) is 11.8. The molecule has 0 aliphatic heterocycles. The second-order valence-electron chi connectivity index (χ2n) is 4.42. The summed E-state index contributed by atoms with van der Waals surface area (Å²) in [5, 5.41) is 17.9. The van der Waals surface area contributed by atoms with Gasteiger partial charge in [0.2, 0.25) is 0 Å². The van der Waals surface area contributed by atoms with Gasteiger partial charge in [0.1, 0.15) is 6.61 Å². The number of carbonyl (C=O) groups excluding carboxylic acids is 1. The van der Waals surface area contributed by atoms with Crippen molar-refractivity contribution in [3.63, 3.8) is 0 Å². The molecule has 0 saturated carbocycles. The molecule has 2 rings (SSSR count). The molecule has 22 heavy (non-hydrogen) atoms. The van der Waals surface area contributed by atoms with Crippen LogP contribution in [-0.4, -0.2) is 29.1 Å². The zero-order chi connectivity index (χ0) is 15.9. The Hall–Kier alpha value is -2.63. The first-order valence-electron chi connectivity index (χ1n) is 6.63. The van der Waals surface area contributed by atoms with Gasteiger partial charge in [-0.05, 0) is 11.6 Å². The van der Waals surface area contributed by atoms with Crippen LogP contribution in [0.15, 0.2) is 61.2 Å². The van der Waals surface area contributed by atoms with E-state index in [0.29, 0.717) is 5.56 Å². The summed E-state index contributed by atoms with van der Waals surface area (Å²) in [5.41, 5.74) is 1.49. The SMILES string of the molecule is C=CC(=O)Oc1c(OCC(O)O)cccc1-c1ccccc1. The fraction of sp³-hybridized carbons (Fsp3) is 0.118. The molecule has 2 aromatic rings. The maximum absolute atomic E-state index is 11.6. The summed E-state index contributed by atoms with van der Waals surface area (Å²) >= 11 is 0. The van der Waals surface area contributed by atoms with Crippen LogP contribution in [0.2, 0.25) is 0 Å². The maximum atomic E-state index is 11.6. The van der Waals surface area contributed by atoms with Crippen LogP contribution in [0.25, 0.3) is 11.1 Å². The minimum atomic E-state index is -1.62. The Labute approximate surface area is 128 Å². The molecule has 5 nitrogen and oxygen atoms in total. The van der Waals surface area contributed by atoms with Gasteiger partial charge in [-0.25, -0.2) is 4.79 Å². The number of aliphatic hydroxyl groups excluding tert-OH is 1. The van der Waals surface area contributed by atoms with E-state index in [2.05, 4.69) is 6.58 Å². The van der Waals surface area contributed by atoms with Gasteiger partial charge in [-0.15, -0.1) is 0 Å². The van der Waals surface area contributed by atoms with E-state index in [-0.39, 0.29) is 18.1 Å². The number of ether oxygens (including phenoxy) is 2. The lowest BCUT2D eigenvalue weighted by Crippen LogP contribution is -2.17. The predicted octanol–water partition coefficient (Wildman–Crippen LogP) is 2.13. The summed E-state index contributed by atoms with van der Waals surface area (Å²) in [5.74, 6) is -0.179. The van der Waals surface area contributed by atoms with Gasteiger partial charge in [0.25, 0.3) is 0 Å². The minimum Gasteiger partial charge on any atom is -0.484 e. The second-order valence-corrected chi connectivity index (χ2v) is 4.42. The maximum Gasteiger partial charge on any atom is 0.335 e. The molecule has 0 aromatic heterocycles. The monoisotopic (exact) mass is 300 g/mol. The smallest absolute Gasteiger partial charge is 0.335 e. The lowest BCUT2D eigenvalue weighted by Gasteiger charge is -2.15. The number of hydrogen-bond acceptors (Lipinski definition) is 5. The van der Waals surface area contributed by atoms with Crippen LogP contribution in [0.5, 0.6) is 11.5 Å². The number of para-hydroxylation sites is 1. The van der Waals surface area contributed by atoms with E-state index in [9.17, 15) is 4.79 Å². The van der Waals surface area contributed by atoms with E-state index in [1.807, 2.05) is 30.3 Å². The number of esters is 1. The Morgan fingerprint density at radius 3 is 2.50 bits per heavy atom. The van der Waals surface area contributed by atoms with E-state index in [4.69, 9.17) is 19.7 Å². The van der Waals surface area contributed by atoms with Crippen molar-refractivity contribution < 1.29 is 24.5 Å². The van der Waals surface area contributed by atoms with Crippen molar-refractivity contribution in [2.24, 2.45) is 0 Å². The Morgan fingerprint density at radius 1 is 1.14 bits per heavy atom. The Morgan fingerprint density at radius 2 is 1.86 bits per heavy atom. The van der Waals surface area contributed by atoms with Gasteiger partial charge in [-0.2, -0.15) is 0 Å². The van der Waals surface area contributed by atoms with E-state index < -0.39 is 12.3 Å². The average molecular weight is 300 g/mol. The normalized spacial score (nSPS) is 10.3. The molecule has 0 amide bonds. The molecule has 0 atom stereocenters.